The highest BCUT2D eigenvalue weighted by Gasteiger charge is 2.71. The standard InChI is InChI=1S/C33H20Cl2FNO3/c34-21-10-5-18(6-11-21)28-29(30(38)19-7-12-22(35)13-8-19)37-26-15-14-23(36)17-20(26)9-16-27(37)33(28)31(39)24-3-1-2-4-25(24)32(33)40/h1-17,27-29H. The molecule has 196 valence electrons. The second-order valence-corrected chi connectivity index (χ2v) is 11.2. The molecule has 1 aliphatic carbocycles. The van der Waals surface area contributed by atoms with Gasteiger partial charge in [-0.1, -0.05) is 71.8 Å². The Hall–Kier alpha value is -4.06. The molecule has 0 bridgehead atoms. The molecule has 2 aliphatic heterocycles. The van der Waals surface area contributed by atoms with Crippen LogP contribution in [-0.2, 0) is 0 Å². The van der Waals surface area contributed by atoms with Gasteiger partial charge < -0.3 is 4.90 Å². The van der Waals surface area contributed by atoms with E-state index in [0.717, 1.165) is 0 Å². The number of hydrogen-bond acceptors (Lipinski definition) is 4. The van der Waals surface area contributed by atoms with Crippen LogP contribution in [0.1, 0.15) is 48.1 Å². The van der Waals surface area contributed by atoms with Crippen molar-refractivity contribution in [3.8, 4) is 0 Å². The second-order valence-electron chi connectivity index (χ2n) is 10.3. The van der Waals surface area contributed by atoms with Gasteiger partial charge in [0, 0.05) is 43.9 Å². The highest BCUT2D eigenvalue weighted by atomic mass is 35.5. The van der Waals surface area contributed by atoms with Gasteiger partial charge in [-0.2, -0.15) is 0 Å². The summed E-state index contributed by atoms with van der Waals surface area (Å²) in [4.78, 5) is 45.5. The lowest BCUT2D eigenvalue weighted by Gasteiger charge is -2.37. The number of hydrogen-bond donors (Lipinski definition) is 0. The lowest BCUT2D eigenvalue weighted by molar-refractivity contribution is 0.0666. The van der Waals surface area contributed by atoms with Crippen molar-refractivity contribution in [1.29, 1.82) is 0 Å². The Morgan fingerprint density at radius 3 is 2.02 bits per heavy atom. The fourth-order valence-corrected chi connectivity index (χ4v) is 7.03. The van der Waals surface area contributed by atoms with E-state index in [1.165, 1.54) is 12.1 Å². The molecule has 0 radical (unpaired) electrons. The molecule has 7 rings (SSSR count). The molecule has 2 heterocycles. The Bertz CT molecular complexity index is 1730. The topological polar surface area (TPSA) is 54.5 Å². The Balaban J connectivity index is 1.54. The van der Waals surface area contributed by atoms with Crippen LogP contribution < -0.4 is 4.90 Å². The number of carbonyl (C=O) groups is 3. The van der Waals surface area contributed by atoms with Crippen molar-refractivity contribution in [2.45, 2.75) is 18.0 Å². The third kappa shape index (κ3) is 3.34. The minimum Gasteiger partial charge on any atom is -0.352 e. The monoisotopic (exact) mass is 567 g/mol. The Labute approximate surface area is 239 Å². The maximum atomic E-state index is 14.6. The quantitative estimate of drug-likeness (QED) is 0.190. The summed E-state index contributed by atoms with van der Waals surface area (Å²) in [5.74, 6) is -2.23. The van der Waals surface area contributed by atoms with Crippen molar-refractivity contribution in [1.82, 2.24) is 0 Å². The van der Waals surface area contributed by atoms with Crippen molar-refractivity contribution < 1.29 is 18.8 Å². The van der Waals surface area contributed by atoms with Gasteiger partial charge in [0.05, 0.1) is 6.04 Å². The van der Waals surface area contributed by atoms with Gasteiger partial charge in [0.1, 0.15) is 17.3 Å². The predicted octanol–water partition coefficient (Wildman–Crippen LogP) is 7.45. The molecule has 1 saturated heterocycles. The van der Waals surface area contributed by atoms with Crippen LogP contribution in [0.3, 0.4) is 0 Å². The van der Waals surface area contributed by atoms with E-state index in [0.29, 0.717) is 43.5 Å². The molecular formula is C33H20Cl2FNO3. The minimum atomic E-state index is -1.63. The Kier molecular flexibility index (Phi) is 5.60. The third-order valence-electron chi connectivity index (χ3n) is 8.39. The maximum Gasteiger partial charge on any atom is 0.185 e. The molecule has 0 N–H and O–H groups in total. The number of carbonyl (C=O) groups excluding carboxylic acids is 3. The molecule has 0 amide bonds. The number of fused-ring (bicyclic) bond motifs is 5. The normalized spacial score (nSPS) is 21.9. The van der Waals surface area contributed by atoms with Crippen molar-refractivity contribution >= 4 is 52.3 Å². The summed E-state index contributed by atoms with van der Waals surface area (Å²) in [6.45, 7) is 0. The van der Waals surface area contributed by atoms with Crippen LogP contribution >= 0.6 is 23.2 Å². The van der Waals surface area contributed by atoms with Crippen LogP contribution in [0.25, 0.3) is 6.08 Å². The van der Waals surface area contributed by atoms with E-state index in [1.54, 1.807) is 91.0 Å². The number of Topliss-reactive ketones (excluding diaryl/α,β-unsaturated/α-hetero) is 3. The molecule has 4 aromatic rings. The first-order valence-corrected chi connectivity index (χ1v) is 13.6. The zero-order valence-corrected chi connectivity index (χ0v) is 22.4. The van der Waals surface area contributed by atoms with Gasteiger partial charge in [-0.05, 0) is 60.2 Å². The van der Waals surface area contributed by atoms with Crippen LogP contribution in [0.2, 0.25) is 10.0 Å². The molecule has 4 aromatic carbocycles. The highest BCUT2D eigenvalue weighted by molar-refractivity contribution is 6.33. The Morgan fingerprint density at radius 2 is 1.40 bits per heavy atom. The third-order valence-corrected chi connectivity index (χ3v) is 8.90. The molecule has 0 saturated carbocycles. The molecule has 1 spiro atoms. The molecule has 40 heavy (non-hydrogen) atoms. The number of benzene rings is 4. The van der Waals surface area contributed by atoms with E-state index >= 15 is 0 Å². The van der Waals surface area contributed by atoms with Crippen LogP contribution in [0.5, 0.6) is 0 Å². The molecule has 7 heteroatoms. The fraction of sp³-hybridized carbons (Fsp3) is 0.121. The van der Waals surface area contributed by atoms with E-state index in [2.05, 4.69) is 0 Å². The highest BCUT2D eigenvalue weighted by Crippen LogP contribution is 2.61. The second kappa shape index (κ2) is 8.98. The molecule has 3 unspecified atom stereocenters. The van der Waals surface area contributed by atoms with E-state index < -0.39 is 29.2 Å². The first kappa shape index (κ1) is 24.9. The SMILES string of the molecule is O=C(c1ccc(Cl)cc1)C1C(c2ccc(Cl)cc2)C2(C(=O)c3ccccc3C2=O)C2C=Cc3cc(F)ccc3N12. The molecule has 4 nitrogen and oxygen atoms in total. The maximum absolute atomic E-state index is 14.6. The van der Waals surface area contributed by atoms with Crippen molar-refractivity contribution in [2.24, 2.45) is 5.41 Å². The number of halogens is 3. The lowest BCUT2D eigenvalue weighted by Crippen LogP contribution is -2.48. The summed E-state index contributed by atoms with van der Waals surface area (Å²) in [7, 11) is 0. The number of rotatable bonds is 3. The van der Waals surface area contributed by atoms with Crippen LogP contribution in [-0.4, -0.2) is 29.4 Å². The van der Waals surface area contributed by atoms with E-state index in [4.69, 9.17) is 23.2 Å². The fourth-order valence-electron chi connectivity index (χ4n) is 6.78. The van der Waals surface area contributed by atoms with Gasteiger partial charge >= 0.3 is 0 Å². The van der Waals surface area contributed by atoms with Gasteiger partial charge in [0.2, 0.25) is 0 Å². The van der Waals surface area contributed by atoms with Crippen molar-refractivity contribution in [2.75, 3.05) is 4.90 Å². The summed E-state index contributed by atoms with van der Waals surface area (Å²) in [6.07, 6.45) is 3.50. The number of anilines is 1. The average molecular weight is 568 g/mol. The zero-order valence-electron chi connectivity index (χ0n) is 20.9. The van der Waals surface area contributed by atoms with Crippen molar-refractivity contribution in [3.05, 3.63) is 141 Å². The van der Waals surface area contributed by atoms with Gasteiger partial charge in [-0.3, -0.25) is 14.4 Å². The summed E-state index contributed by atoms with van der Waals surface area (Å²) in [5, 5.41) is 0.965. The van der Waals surface area contributed by atoms with Crippen LogP contribution in [0.4, 0.5) is 10.1 Å². The first-order valence-electron chi connectivity index (χ1n) is 12.8. The first-order chi connectivity index (χ1) is 19.3. The van der Waals surface area contributed by atoms with Gasteiger partial charge in [0.15, 0.2) is 17.3 Å². The Morgan fingerprint density at radius 1 is 0.800 bits per heavy atom. The zero-order chi connectivity index (χ0) is 27.8. The van der Waals surface area contributed by atoms with Gasteiger partial charge in [0.25, 0.3) is 0 Å². The largest absolute Gasteiger partial charge is 0.352 e. The molecule has 3 atom stereocenters. The van der Waals surface area contributed by atoms with Crippen molar-refractivity contribution in [3.63, 3.8) is 0 Å². The average Bonchev–Trinajstić information content (AvgIpc) is 3.39. The molecular weight excluding hydrogens is 548 g/mol. The van der Waals surface area contributed by atoms with E-state index in [-0.39, 0.29) is 17.3 Å². The predicted molar refractivity (Wildman–Crippen MR) is 153 cm³/mol. The van der Waals surface area contributed by atoms with Gasteiger partial charge in [-0.25, -0.2) is 4.39 Å². The molecule has 1 fully saturated rings. The summed E-state index contributed by atoms with van der Waals surface area (Å²) < 4.78 is 14.3. The smallest absolute Gasteiger partial charge is 0.185 e. The molecule has 3 aliphatic rings. The minimum absolute atomic E-state index is 0.277. The van der Waals surface area contributed by atoms with Gasteiger partial charge in [-0.15, -0.1) is 0 Å². The number of ketones is 3. The summed E-state index contributed by atoms with van der Waals surface area (Å²) in [6, 6.07) is 22.9. The van der Waals surface area contributed by atoms with E-state index in [9.17, 15) is 18.8 Å². The molecule has 0 aromatic heterocycles. The van der Waals surface area contributed by atoms with Crippen LogP contribution in [0.15, 0.2) is 97.1 Å². The van der Waals surface area contributed by atoms with E-state index in [1.807, 2.05) is 4.90 Å². The van der Waals surface area contributed by atoms with Crippen LogP contribution in [0, 0.1) is 11.2 Å². The lowest BCUT2D eigenvalue weighted by atomic mass is 9.64. The summed E-state index contributed by atoms with van der Waals surface area (Å²) in [5.41, 5.74) is 1.21. The summed E-state index contributed by atoms with van der Waals surface area (Å²) >= 11 is 12.4. The number of nitrogens with zero attached hydrogens (tertiary/aromatic N) is 1.